The molecule has 8 heteroatoms. The highest BCUT2D eigenvalue weighted by Gasteiger charge is 2.30. The third kappa shape index (κ3) is 12.0. The van der Waals surface area contributed by atoms with Crippen LogP contribution in [0.1, 0.15) is 77.9 Å². The molecular formula is C118H84F4O4. The van der Waals surface area contributed by atoms with Gasteiger partial charge in [0, 0.05) is 86.2 Å². The Kier molecular flexibility index (Phi) is 16.9. The molecule has 0 radical (unpaired) electrons. The van der Waals surface area contributed by atoms with Crippen molar-refractivity contribution in [1.29, 1.82) is 0 Å². The number of aryl methyl sites for hydroxylation is 14. The van der Waals surface area contributed by atoms with E-state index < -0.39 is 0 Å². The highest BCUT2D eigenvalue weighted by molar-refractivity contribution is 6.41. The molecule has 24 rings (SSSR count). The highest BCUT2D eigenvalue weighted by Crippen LogP contribution is 2.56. The van der Waals surface area contributed by atoms with Crippen LogP contribution in [0, 0.1) is 120 Å². The average molecular weight is 1640 g/mol. The molecule has 608 valence electrons. The second-order valence-electron chi connectivity index (χ2n) is 36.1. The lowest BCUT2D eigenvalue weighted by atomic mass is 9.83. The third-order valence-corrected chi connectivity index (χ3v) is 26.7. The number of furan rings is 4. The standard InChI is InChI=1S/C60H44F2O2.C58H40F2O2/c1-29-13-30(2)16-39(15-29)45-25-51-58-48(28-50-44-12-10-38(24-54(44)63-59(50)51)56-35(7)21-42(62)22-36(56)8)46(40-17-31(3)14-32(4)18-40)26-52-57(58)47(45)27-49-43-11-9-37(23-53(43)64-60(49)52)55-33(5)19-41(61)20-34(55)6;1-29-15-30(2)18-37(17-29)45-25-51-56-48(28-50-44-12-8-36(24-54(44)61-57(50)51)42-14-10-40(60)22-34(42)6)46(38-19-31(3)16-32(4)20-38)26-52-55(56)47(45)27-49-43-11-7-35(23-53(43)62-58(49)52)41-13-9-39(59)21-33(41)5/h9-28H,1-8H3;7-28H,1-6H3. The van der Waals surface area contributed by atoms with Gasteiger partial charge in [-0.25, -0.2) is 17.6 Å². The van der Waals surface area contributed by atoms with E-state index in [1.807, 2.05) is 53.7 Å². The molecule has 0 saturated heterocycles. The summed E-state index contributed by atoms with van der Waals surface area (Å²) in [5, 5.41) is 21.6. The van der Waals surface area contributed by atoms with Gasteiger partial charge in [-0.1, -0.05) is 154 Å². The van der Waals surface area contributed by atoms with E-state index in [4.69, 9.17) is 17.7 Å². The largest absolute Gasteiger partial charge is 0.455 e. The molecule has 0 amide bonds. The van der Waals surface area contributed by atoms with Crippen molar-refractivity contribution in [3.8, 4) is 89.0 Å². The first kappa shape index (κ1) is 76.3. The van der Waals surface area contributed by atoms with E-state index in [1.54, 1.807) is 36.4 Å². The van der Waals surface area contributed by atoms with Crippen molar-refractivity contribution in [3.05, 3.63) is 356 Å². The molecule has 0 aliphatic carbocycles. The molecule has 0 aliphatic heterocycles. The Morgan fingerprint density at radius 1 is 0.159 bits per heavy atom. The molecule has 24 aromatic rings. The fourth-order valence-electron chi connectivity index (χ4n) is 21.9. The average Bonchev–Trinajstić information content (AvgIpc) is 1.40. The predicted molar refractivity (Wildman–Crippen MR) is 519 cm³/mol. The fraction of sp³-hybridized carbons (Fsp3) is 0.119. The molecular weight excluding hydrogens is 1560 g/mol. The second kappa shape index (κ2) is 28.0. The molecule has 20 aromatic carbocycles. The lowest BCUT2D eigenvalue weighted by Crippen LogP contribution is -1.93. The van der Waals surface area contributed by atoms with Crippen molar-refractivity contribution in [2.24, 2.45) is 0 Å². The van der Waals surface area contributed by atoms with Crippen LogP contribution in [-0.4, -0.2) is 0 Å². The Hall–Kier alpha value is -14.6. The molecule has 0 bridgehead atoms. The van der Waals surface area contributed by atoms with Crippen LogP contribution < -0.4 is 0 Å². The van der Waals surface area contributed by atoms with Crippen LogP contribution in [0.4, 0.5) is 17.6 Å². The first-order chi connectivity index (χ1) is 60.7. The maximum atomic E-state index is 14.5. The lowest BCUT2D eigenvalue weighted by molar-refractivity contribution is 0.625. The highest BCUT2D eigenvalue weighted by atomic mass is 19.1. The Bertz CT molecular complexity index is 8300. The number of hydrogen-bond donors (Lipinski definition) is 0. The summed E-state index contributed by atoms with van der Waals surface area (Å²) in [6.45, 7) is 29.0. The molecule has 0 spiro atoms. The molecule has 126 heavy (non-hydrogen) atoms. The van der Waals surface area contributed by atoms with Crippen molar-refractivity contribution >= 4 is 152 Å². The van der Waals surface area contributed by atoms with E-state index in [2.05, 4.69) is 250 Å². The molecule has 0 unspecified atom stereocenters. The van der Waals surface area contributed by atoms with Gasteiger partial charge in [0.15, 0.2) is 0 Å². The van der Waals surface area contributed by atoms with E-state index in [0.717, 1.165) is 275 Å². The molecule has 0 atom stereocenters. The fourth-order valence-corrected chi connectivity index (χ4v) is 21.9. The van der Waals surface area contributed by atoms with E-state index >= 15 is 0 Å². The lowest BCUT2D eigenvalue weighted by Gasteiger charge is -2.19. The number of halogens is 4. The van der Waals surface area contributed by atoms with Gasteiger partial charge in [-0.15, -0.1) is 0 Å². The maximum Gasteiger partial charge on any atom is 0.143 e. The van der Waals surface area contributed by atoms with Crippen LogP contribution in [0.15, 0.2) is 272 Å². The normalized spacial score (nSPS) is 12.2. The minimum Gasteiger partial charge on any atom is -0.455 e. The first-order valence-electron chi connectivity index (χ1n) is 43.2. The Morgan fingerprint density at radius 3 is 0.635 bits per heavy atom. The minimum atomic E-state index is -0.246. The maximum absolute atomic E-state index is 14.5. The minimum absolute atomic E-state index is 0.230. The van der Waals surface area contributed by atoms with E-state index in [9.17, 15) is 17.6 Å². The first-order valence-corrected chi connectivity index (χ1v) is 43.2. The summed E-state index contributed by atoms with van der Waals surface area (Å²) in [6, 6.07) is 87.8. The number of rotatable bonds is 8. The summed E-state index contributed by atoms with van der Waals surface area (Å²) in [4.78, 5) is 0. The Balaban J connectivity index is 0.000000145. The van der Waals surface area contributed by atoms with E-state index in [1.165, 1.54) is 56.6 Å². The van der Waals surface area contributed by atoms with E-state index in [-0.39, 0.29) is 23.3 Å². The summed E-state index contributed by atoms with van der Waals surface area (Å²) in [6.07, 6.45) is 0. The smallest absolute Gasteiger partial charge is 0.143 e. The monoisotopic (exact) mass is 1640 g/mol. The van der Waals surface area contributed by atoms with Crippen molar-refractivity contribution in [1.82, 2.24) is 0 Å². The molecule has 4 nitrogen and oxygen atoms in total. The van der Waals surface area contributed by atoms with Gasteiger partial charge >= 0.3 is 0 Å². The summed E-state index contributed by atoms with van der Waals surface area (Å²) < 4.78 is 85.6. The van der Waals surface area contributed by atoms with Crippen LogP contribution in [-0.2, 0) is 0 Å². The zero-order valence-corrected chi connectivity index (χ0v) is 72.4. The summed E-state index contributed by atoms with van der Waals surface area (Å²) in [5.41, 5.74) is 38.3. The number of fused-ring (bicyclic) bond motifs is 16. The van der Waals surface area contributed by atoms with Gasteiger partial charge in [0.05, 0.1) is 0 Å². The van der Waals surface area contributed by atoms with Crippen molar-refractivity contribution < 1.29 is 35.2 Å². The van der Waals surface area contributed by atoms with Crippen molar-refractivity contribution in [2.75, 3.05) is 0 Å². The van der Waals surface area contributed by atoms with Gasteiger partial charge < -0.3 is 17.7 Å². The van der Waals surface area contributed by atoms with Gasteiger partial charge in [0.1, 0.15) is 67.9 Å². The van der Waals surface area contributed by atoms with Gasteiger partial charge in [-0.2, -0.15) is 0 Å². The van der Waals surface area contributed by atoms with Gasteiger partial charge in [0.25, 0.3) is 0 Å². The predicted octanol–water partition coefficient (Wildman–Crippen LogP) is 35.0. The van der Waals surface area contributed by atoms with Crippen LogP contribution >= 0.6 is 0 Å². The number of hydrogen-bond acceptors (Lipinski definition) is 4. The van der Waals surface area contributed by atoms with Crippen LogP contribution in [0.5, 0.6) is 0 Å². The van der Waals surface area contributed by atoms with Gasteiger partial charge in [-0.3, -0.25) is 0 Å². The van der Waals surface area contributed by atoms with Crippen molar-refractivity contribution in [3.63, 3.8) is 0 Å². The zero-order chi connectivity index (χ0) is 86.3. The van der Waals surface area contributed by atoms with Gasteiger partial charge in [0.2, 0.25) is 0 Å². The molecule has 0 aliphatic rings. The quantitative estimate of drug-likeness (QED) is 0.112. The topological polar surface area (TPSA) is 52.6 Å². The number of benzene rings is 20. The summed E-state index contributed by atoms with van der Waals surface area (Å²) >= 11 is 0. The Labute approximate surface area is 724 Å². The van der Waals surface area contributed by atoms with Crippen LogP contribution in [0.2, 0.25) is 0 Å². The second-order valence-corrected chi connectivity index (χ2v) is 36.1. The third-order valence-electron chi connectivity index (χ3n) is 26.7. The molecule has 4 heterocycles. The Morgan fingerprint density at radius 2 is 0.389 bits per heavy atom. The van der Waals surface area contributed by atoms with Crippen LogP contribution in [0.3, 0.4) is 0 Å². The summed E-state index contributed by atoms with van der Waals surface area (Å²) in [7, 11) is 0. The van der Waals surface area contributed by atoms with Gasteiger partial charge in [-0.05, 0) is 386 Å². The van der Waals surface area contributed by atoms with Crippen molar-refractivity contribution in [2.45, 2.75) is 96.9 Å². The van der Waals surface area contributed by atoms with E-state index in [0.29, 0.717) is 0 Å². The molecule has 0 N–H and O–H groups in total. The zero-order valence-electron chi connectivity index (χ0n) is 72.4. The molecule has 0 fully saturated rings. The molecule has 0 saturated carbocycles. The van der Waals surface area contributed by atoms with Crippen LogP contribution in [0.25, 0.3) is 241 Å². The summed E-state index contributed by atoms with van der Waals surface area (Å²) in [5.74, 6) is -0.952. The molecule has 4 aromatic heterocycles. The SMILES string of the molecule is Cc1cc(C)cc(-c2cc3c4oc5cc(-c6c(C)cc(F)cc6C)ccc5c4cc4c(-c5cc(C)cc(C)c5)cc5c6oc7cc(-c8c(C)cc(F)cc8C)ccc7c6cc2c5c43)c1.Cc1cc(C)cc(-c2cc3c4oc5cc(-c6ccc(F)cc6C)ccc5c4cc4c(-c5cc(C)cc(C)c5)cc5c6oc7cc(-c8ccc(F)cc8C)ccc7c6cc2c5c43)c1.